The monoisotopic (exact) mass is 424 g/mol. The van der Waals surface area contributed by atoms with E-state index in [1.807, 2.05) is 13.0 Å². The smallest absolute Gasteiger partial charge is 0.246 e. The Morgan fingerprint density at radius 3 is 2.37 bits per heavy atom. The minimum atomic E-state index is -3.52. The summed E-state index contributed by atoms with van der Waals surface area (Å²) in [6, 6.07) is 14.8. The number of rotatable bonds is 5. The zero-order chi connectivity index (χ0) is 21.3. The van der Waals surface area contributed by atoms with E-state index in [9.17, 15) is 8.42 Å². The number of aromatic nitrogens is 3. The van der Waals surface area contributed by atoms with Gasteiger partial charge in [0.05, 0.1) is 11.4 Å². The number of H-pyrrole nitrogens is 1. The van der Waals surface area contributed by atoms with Crippen LogP contribution in [-0.2, 0) is 16.4 Å². The maximum atomic E-state index is 13.1. The van der Waals surface area contributed by atoms with Crippen LogP contribution >= 0.6 is 0 Å². The zero-order valence-corrected chi connectivity index (χ0v) is 18.5. The number of aryl methyl sites for hydroxylation is 3. The Balaban J connectivity index is 1.49. The van der Waals surface area contributed by atoms with E-state index >= 15 is 0 Å². The molecule has 7 heteroatoms. The fourth-order valence-corrected chi connectivity index (χ4v) is 6.15. The lowest BCUT2D eigenvalue weighted by Crippen LogP contribution is -2.38. The fourth-order valence-electron chi connectivity index (χ4n) is 4.35. The first-order valence-electron chi connectivity index (χ1n) is 10.4. The van der Waals surface area contributed by atoms with Crippen molar-refractivity contribution in [1.82, 2.24) is 19.5 Å². The van der Waals surface area contributed by atoms with E-state index < -0.39 is 10.0 Å². The number of benzene rings is 1. The number of hydrogen-bond acceptors (Lipinski definition) is 4. The Morgan fingerprint density at radius 2 is 1.73 bits per heavy atom. The molecule has 1 aliphatic heterocycles. The van der Waals surface area contributed by atoms with Gasteiger partial charge in [-0.05, 0) is 63.3 Å². The van der Waals surface area contributed by atoms with Gasteiger partial charge in [-0.25, -0.2) is 8.42 Å². The molecule has 0 aliphatic carbocycles. The highest BCUT2D eigenvalue weighted by atomic mass is 32.2. The second kappa shape index (κ2) is 8.32. The van der Waals surface area contributed by atoms with Crippen molar-refractivity contribution in [1.29, 1.82) is 0 Å². The summed E-state index contributed by atoms with van der Waals surface area (Å²) < 4.78 is 27.8. The van der Waals surface area contributed by atoms with E-state index in [0.29, 0.717) is 29.4 Å². The normalized spacial score (nSPS) is 16.1. The predicted molar refractivity (Wildman–Crippen MR) is 117 cm³/mol. The van der Waals surface area contributed by atoms with Crippen LogP contribution in [0.4, 0.5) is 0 Å². The molecule has 0 spiro atoms. The highest BCUT2D eigenvalue weighted by molar-refractivity contribution is 7.89. The lowest BCUT2D eigenvalue weighted by molar-refractivity contribution is 0.316. The lowest BCUT2D eigenvalue weighted by atomic mass is 9.92. The summed E-state index contributed by atoms with van der Waals surface area (Å²) in [6.07, 6.45) is 2.43. The molecule has 0 saturated carbocycles. The molecular formula is C23H28N4O2S. The molecule has 6 nitrogen and oxygen atoms in total. The van der Waals surface area contributed by atoms with Crippen LogP contribution in [0.3, 0.4) is 0 Å². The quantitative estimate of drug-likeness (QED) is 0.674. The molecule has 4 rings (SSSR count). The molecule has 0 bridgehead atoms. The molecule has 158 valence electrons. The first-order chi connectivity index (χ1) is 14.3. The minimum Gasteiger partial charge on any atom is -0.281 e. The van der Waals surface area contributed by atoms with E-state index in [-0.39, 0.29) is 5.92 Å². The van der Waals surface area contributed by atoms with Crippen LogP contribution in [0.25, 0.3) is 0 Å². The standard InChI is InChI=1S/C23H28N4O2S/c1-16-13-20(14-19-7-5-4-6-8-19)15-22(24-16)21-9-11-27(12-10-21)30(28,29)23-17(2)25-26-18(23)3/h4-8,13,15,21H,9-12,14H2,1-3H3,(H,25,26). The summed E-state index contributed by atoms with van der Waals surface area (Å²) in [4.78, 5) is 5.10. The summed E-state index contributed by atoms with van der Waals surface area (Å²) in [5, 5.41) is 6.84. The molecule has 1 saturated heterocycles. The fraction of sp³-hybridized carbons (Fsp3) is 0.391. The van der Waals surface area contributed by atoms with Gasteiger partial charge in [0.2, 0.25) is 10.0 Å². The Morgan fingerprint density at radius 1 is 1.03 bits per heavy atom. The summed E-state index contributed by atoms with van der Waals surface area (Å²) in [6.45, 7) is 6.52. The highest BCUT2D eigenvalue weighted by Gasteiger charge is 2.33. The van der Waals surface area contributed by atoms with Gasteiger partial charge < -0.3 is 0 Å². The van der Waals surface area contributed by atoms with Crippen molar-refractivity contribution >= 4 is 10.0 Å². The summed E-state index contributed by atoms with van der Waals surface area (Å²) in [7, 11) is -3.52. The second-order valence-corrected chi connectivity index (χ2v) is 10.0. The third-order valence-corrected chi connectivity index (χ3v) is 7.98. The maximum absolute atomic E-state index is 13.1. The molecule has 0 atom stereocenters. The van der Waals surface area contributed by atoms with Gasteiger partial charge in [0.25, 0.3) is 0 Å². The molecule has 1 fully saturated rings. The first kappa shape index (κ1) is 20.8. The maximum Gasteiger partial charge on any atom is 0.246 e. The van der Waals surface area contributed by atoms with Crippen LogP contribution in [0.1, 0.15) is 52.7 Å². The van der Waals surface area contributed by atoms with Crippen LogP contribution in [0.2, 0.25) is 0 Å². The van der Waals surface area contributed by atoms with Crippen LogP contribution < -0.4 is 0 Å². The Kier molecular flexibility index (Phi) is 5.75. The summed E-state index contributed by atoms with van der Waals surface area (Å²) in [5.74, 6) is 0.275. The summed E-state index contributed by atoms with van der Waals surface area (Å²) >= 11 is 0. The Hall–Kier alpha value is -2.51. The average molecular weight is 425 g/mol. The van der Waals surface area contributed by atoms with Crippen molar-refractivity contribution in [2.45, 2.75) is 50.8 Å². The van der Waals surface area contributed by atoms with E-state index in [4.69, 9.17) is 4.98 Å². The largest absolute Gasteiger partial charge is 0.281 e. The second-order valence-electron chi connectivity index (χ2n) is 8.15. The van der Waals surface area contributed by atoms with Gasteiger partial charge >= 0.3 is 0 Å². The number of nitrogens with one attached hydrogen (secondary N) is 1. The van der Waals surface area contributed by atoms with Gasteiger partial charge in [-0.2, -0.15) is 9.40 Å². The van der Waals surface area contributed by atoms with Crippen LogP contribution in [-0.4, -0.2) is 41.0 Å². The van der Waals surface area contributed by atoms with Gasteiger partial charge in [-0.1, -0.05) is 30.3 Å². The first-order valence-corrected chi connectivity index (χ1v) is 11.8. The SMILES string of the molecule is Cc1cc(Cc2ccccc2)cc(C2CCN(S(=O)(=O)c3c(C)n[nH]c3C)CC2)n1. The molecule has 3 aromatic rings. The summed E-state index contributed by atoms with van der Waals surface area (Å²) in [5.41, 5.74) is 5.75. The molecule has 2 aromatic heterocycles. The molecule has 1 aliphatic rings. The number of aromatic amines is 1. The van der Waals surface area contributed by atoms with Gasteiger partial charge in [0.15, 0.2) is 0 Å². The van der Waals surface area contributed by atoms with Gasteiger partial charge in [0.1, 0.15) is 4.90 Å². The van der Waals surface area contributed by atoms with Crippen LogP contribution in [0.15, 0.2) is 47.4 Å². The third kappa shape index (κ3) is 4.18. The van der Waals surface area contributed by atoms with Crippen molar-refractivity contribution in [3.8, 4) is 0 Å². The van der Waals surface area contributed by atoms with E-state index in [1.165, 1.54) is 11.1 Å². The Labute approximate surface area is 178 Å². The third-order valence-electron chi connectivity index (χ3n) is 5.81. The van der Waals surface area contributed by atoms with E-state index in [1.54, 1.807) is 18.2 Å². The molecule has 1 N–H and O–H groups in total. The molecule has 0 amide bonds. The zero-order valence-electron chi connectivity index (χ0n) is 17.7. The van der Waals surface area contributed by atoms with Crippen molar-refractivity contribution < 1.29 is 8.42 Å². The number of nitrogens with zero attached hydrogens (tertiary/aromatic N) is 3. The van der Waals surface area contributed by atoms with Crippen molar-refractivity contribution in [3.05, 3.63) is 76.4 Å². The number of hydrogen-bond donors (Lipinski definition) is 1. The highest BCUT2D eigenvalue weighted by Crippen LogP contribution is 2.32. The number of piperidine rings is 1. The number of pyridine rings is 1. The van der Waals surface area contributed by atoms with Crippen LogP contribution in [0, 0.1) is 20.8 Å². The molecule has 3 heterocycles. The average Bonchev–Trinajstić information content (AvgIpc) is 3.07. The number of sulfonamides is 1. The van der Waals surface area contributed by atoms with Gasteiger partial charge in [-0.3, -0.25) is 10.1 Å². The van der Waals surface area contributed by atoms with Gasteiger partial charge in [-0.15, -0.1) is 0 Å². The predicted octanol–water partition coefficient (Wildman–Crippen LogP) is 3.89. The minimum absolute atomic E-state index is 0.275. The van der Waals surface area contributed by atoms with Crippen molar-refractivity contribution in [2.24, 2.45) is 0 Å². The molecular weight excluding hydrogens is 396 g/mol. The topological polar surface area (TPSA) is 79.0 Å². The molecule has 0 unspecified atom stereocenters. The molecule has 0 radical (unpaired) electrons. The van der Waals surface area contributed by atoms with Crippen molar-refractivity contribution in [2.75, 3.05) is 13.1 Å². The van der Waals surface area contributed by atoms with Gasteiger partial charge in [0, 0.05) is 30.4 Å². The van der Waals surface area contributed by atoms with E-state index in [0.717, 1.165) is 30.7 Å². The molecule has 30 heavy (non-hydrogen) atoms. The van der Waals surface area contributed by atoms with Crippen molar-refractivity contribution in [3.63, 3.8) is 0 Å². The Bertz CT molecular complexity index is 1110. The van der Waals surface area contributed by atoms with E-state index in [2.05, 4.69) is 46.6 Å². The van der Waals surface area contributed by atoms with Crippen LogP contribution in [0.5, 0.6) is 0 Å². The molecule has 1 aromatic carbocycles. The lowest BCUT2D eigenvalue weighted by Gasteiger charge is -2.31.